The average Bonchev–Trinajstić information content (AvgIpc) is 0.718. The second-order valence-corrected chi connectivity index (χ2v) is 22.9. The van der Waals surface area contributed by atoms with E-state index >= 15 is 8.78 Å². The van der Waals surface area contributed by atoms with E-state index in [1.165, 1.54) is 0 Å². The smallest absolute Gasteiger partial charge is 0.509 e. The molecule has 0 aliphatic rings. The van der Waals surface area contributed by atoms with Crippen LogP contribution in [0.25, 0.3) is 100 Å². The van der Waals surface area contributed by atoms with Gasteiger partial charge >= 0.3 is 22.0 Å². The molecule has 12 rings (SSSR count). The zero-order valence-electron chi connectivity index (χ0n) is 54.0. The van der Waals surface area contributed by atoms with Gasteiger partial charge in [-0.3, -0.25) is 0 Å². The molecule has 0 atom stereocenters. The van der Waals surface area contributed by atoms with Crippen molar-refractivity contribution in [3.8, 4) is 135 Å². The van der Waals surface area contributed by atoms with Crippen molar-refractivity contribution in [3.05, 3.63) is 286 Å². The van der Waals surface area contributed by atoms with Crippen LogP contribution in [-0.4, -0.2) is 67.4 Å². The lowest BCUT2D eigenvalue weighted by Crippen LogP contribution is -2.21. The summed E-state index contributed by atoms with van der Waals surface area (Å²) in [4.78, 5) is 0. The molecule has 9 N–H and O–H groups in total. The van der Waals surface area contributed by atoms with E-state index in [1.54, 1.807) is 12.1 Å². The van der Waals surface area contributed by atoms with Crippen LogP contribution in [0.15, 0.2) is 182 Å². The van der Waals surface area contributed by atoms with Gasteiger partial charge in [0.2, 0.25) is 17.5 Å². The molecule has 0 saturated carbocycles. The van der Waals surface area contributed by atoms with E-state index in [2.05, 4.69) is 4.65 Å². The summed E-state index contributed by atoms with van der Waals surface area (Å²) in [7, 11) is -7.30. The highest BCUT2D eigenvalue weighted by Gasteiger charge is 2.40. The molecule has 0 unspecified atom stereocenters. The molecule has 0 bridgehead atoms. The summed E-state index contributed by atoms with van der Waals surface area (Å²) in [6, 6.07) is 56.0. The molecule has 30 heteroatoms. The first-order chi connectivity index (χ1) is 49.8. The van der Waals surface area contributed by atoms with E-state index in [4.69, 9.17) is 19.4 Å². The van der Waals surface area contributed by atoms with Crippen LogP contribution in [0.3, 0.4) is 0 Å². The van der Waals surface area contributed by atoms with Crippen molar-refractivity contribution < 1.29 is 125 Å². The molecule has 0 saturated heterocycles. The van der Waals surface area contributed by atoms with Gasteiger partial charge in [0, 0.05) is 38.9 Å². The quantitative estimate of drug-likeness (QED) is 0.0203. The summed E-state index contributed by atoms with van der Waals surface area (Å²) in [5.74, 6) is -48.8. The first kappa shape index (κ1) is 76.0. The van der Waals surface area contributed by atoms with Gasteiger partial charge in [-0.05, 0) is 83.5 Å². The average molecular weight is 1460 g/mol. The highest BCUT2D eigenvalue weighted by Crippen LogP contribution is 2.56. The number of rotatable bonds is 15. The molecule has 534 valence electrons. The Bertz CT molecular complexity index is 5180. The number of aromatic hydroxyl groups is 3. The summed E-state index contributed by atoms with van der Waals surface area (Å²) < 4.78 is 231. The monoisotopic (exact) mass is 1460 g/mol. The van der Waals surface area contributed by atoms with Crippen molar-refractivity contribution in [2.75, 3.05) is 0 Å². The lowest BCUT2D eigenvalue weighted by Gasteiger charge is -2.23. The minimum absolute atomic E-state index is 0.00186. The molecule has 0 heterocycles. The molecule has 12 nitrogen and oxygen atoms in total. The van der Waals surface area contributed by atoms with Gasteiger partial charge in [0.25, 0.3) is 0 Å². The maximum atomic E-state index is 15.1. The Morgan fingerprint density at radius 2 is 0.438 bits per heavy atom. The van der Waals surface area contributed by atoms with Crippen LogP contribution in [0.5, 0.6) is 34.5 Å². The lowest BCUT2D eigenvalue weighted by atomic mass is 9.84. The maximum Gasteiger partial charge on any atom is 0.707 e. The van der Waals surface area contributed by atoms with Gasteiger partial charge in [0.05, 0.1) is 16.7 Å². The molecule has 12 aromatic rings. The van der Waals surface area contributed by atoms with E-state index in [9.17, 15) is 92.5 Å². The van der Waals surface area contributed by atoms with Gasteiger partial charge in [-0.2, -0.15) is 0 Å². The Kier molecular flexibility index (Phi) is 22.8. The Labute approximate surface area is 586 Å². The Morgan fingerprint density at radius 3 is 0.752 bits per heavy atom. The molecule has 0 aromatic heterocycles. The first-order valence-corrected chi connectivity index (χ1v) is 30.6. The maximum absolute atomic E-state index is 15.1. The summed E-state index contributed by atoms with van der Waals surface area (Å²) in [6.07, 6.45) is 0. The fourth-order valence-corrected chi connectivity index (χ4v) is 11.4. The van der Waals surface area contributed by atoms with Gasteiger partial charge in [0.1, 0.15) is 17.2 Å². The van der Waals surface area contributed by atoms with E-state index in [0.717, 1.165) is 72.3 Å². The van der Waals surface area contributed by atoms with Crippen molar-refractivity contribution in [2.45, 2.75) is 20.8 Å². The summed E-state index contributed by atoms with van der Waals surface area (Å²) in [5.41, 5.74) is -1.24. The minimum Gasteiger partial charge on any atom is -0.509 e. The normalized spacial score (nSPS) is 11.0. The van der Waals surface area contributed by atoms with E-state index < -0.39 is 154 Å². The predicted molar refractivity (Wildman–Crippen MR) is 359 cm³/mol. The SMILES string of the molecule is Cc1ccc(-c2cc(OB(O)O)c(O)c(-c3ccc(C)cc3)c2-c2ccc(C)cc2)cc1.OB(O)Oc1cc(-c2c(F)c(F)c(F)c(F)c2F)c(-c2c(F)c(F)c(F)c(F)c2F)c(-c2c(F)c(F)c(F)c(F)c2F)c1O.OB(O)Oc1cc(-c2ccccc2)c(-c2ccccc2)c(-c2ccccc2)c1O. The summed E-state index contributed by atoms with van der Waals surface area (Å²) >= 11 is 0. The number of benzene rings is 12. The van der Waals surface area contributed by atoms with Gasteiger partial charge in [0.15, 0.2) is 87.1 Å². The van der Waals surface area contributed by atoms with Crippen molar-refractivity contribution in [1.29, 1.82) is 0 Å². The number of hydrogen-bond acceptors (Lipinski definition) is 12. The number of halogens is 15. The topological polar surface area (TPSA) is 210 Å². The van der Waals surface area contributed by atoms with Gasteiger partial charge in [-0.25, -0.2) is 65.9 Å². The van der Waals surface area contributed by atoms with Crippen LogP contribution in [0.2, 0.25) is 0 Å². The van der Waals surface area contributed by atoms with Crippen LogP contribution >= 0.6 is 0 Å². The molecular weight excluding hydrogens is 1410 g/mol. The zero-order chi connectivity index (χ0) is 76.3. The van der Waals surface area contributed by atoms with Crippen LogP contribution < -0.4 is 14.0 Å². The molecule has 0 radical (unpaired) electrons. The second kappa shape index (κ2) is 31.5. The molecule has 0 fully saturated rings. The molecule has 0 spiro atoms. The largest absolute Gasteiger partial charge is 0.707 e. The number of hydrogen-bond donors (Lipinski definition) is 9. The van der Waals surface area contributed by atoms with Gasteiger partial charge in [-0.1, -0.05) is 180 Å². The highest BCUT2D eigenvalue weighted by molar-refractivity contribution is 6.34. The predicted octanol–water partition coefficient (Wildman–Crippen LogP) is 17.2. The van der Waals surface area contributed by atoms with Crippen LogP contribution in [-0.2, 0) is 0 Å². The van der Waals surface area contributed by atoms with Crippen LogP contribution in [0.4, 0.5) is 65.9 Å². The van der Waals surface area contributed by atoms with E-state index in [0.29, 0.717) is 11.1 Å². The Balaban J connectivity index is 0.000000173. The highest BCUT2D eigenvalue weighted by atomic mass is 19.2. The Hall–Kier alpha value is -11.7. The lowest BCUT2D eigenvalue weighted by molar-refractivity contribution is 0.280. The van der Waals surface area contributed by atoms with E-state index in [1.807, 2.05) is 185 Å². The van der Waals surface area contributed by atoms with Crippen molar-refractivity contribution >= 4 is 22.0 Å². The van der Waals surface area contributed by atoms with Crippen LogP contribution in [0.1, 0.15) is 16.7 Å². The third-order valence-electron chi connectivity index (χ3n) is 16.1. The third kappa shape index (κ3) is 15.2. The second-order valence-electron chi connectivity index (χ2n) is 22.9. The fourth-order valence-electron chi connectivity index (χ4n) is 11.4. The number of phenols is 3. The summed E-state index contributed by atoms with van der Waals surface area (Å²) in [6.45, 7) is 6.06. The fraction of sp³-hybridized carbons (Fsp3) is 0.0400. The molecule has 12 aromatic carbocycles. The summed E-state index contributed by atoms with van der Waals surface area (Å²) in [5, 5.41) is 88.8. The number of phenolic OH excluding ortho intramolecular Hbond substituents is 3. The molecule has 0 amide bonds. The van der Waals surface area contributed by atoms with E-state index in [-0.39, 0.29) is 29.1 Å². The zero-order valence-corrected chi connectivity index (χ0v) is 54.0. The van der Waals surface area contributed by atoms with Crippen LogP contribution in [0, 0.1) is 108 Å². The van der Waals surface area contributed by atoms with Gasteiger partial charge < -0.3 is 59.4 Å². The molecular formula is C75H48B3F15O12. The molecule has 105 heavy (non-hydrogen) atoms. The van der Waals surface area contributed by atoms with Crippen molar-refractivity contribution in [3.63, 3.8) is 0 Å². The molecule has 0 aliphatic heterocycles. The molecule has 0 aliphatic carbocycles. The van der Waals surface area contributed by atoms with Gasteiger partial charge in [-0.15, -0.1) is 0 Å². The van der Waals surface area contributed by atoms with Crippen molar-refractivity contribution in [2.24, 2.45) is 0 Å². The minimum atomic E-state index is -3.20. The third-order valence-corrected chi connectivity index (χ3v) is 16.1. The van der Waals surface area contributed by atoms with Crippen molar-refractivity contribution in [1.82, 2.24) is 0 Å². The Morgan fingerprint density at radius 1 is 0.219 bits per heavy atom. The first-order valence-electron chi connectivity index (χ1n) is 30.6. The standard InChI is InChI=1S/C27H25BO4.C24H4BF15O4.C24H19BO4/c1-17-4-10-20(11-5-17)23-16-24(32-28(30)31)27(29)26(22-14-8-19(3)9-15-22)25(23)21-12-6-18(2)7-13-21;26-9-5(10(27)16(33)21(38)15(9)32)2-1-3(44-25(42)43)24(41)6(8-13(30)19(36)23(40)20(37)14(8)31)4(2)7-11(28)17(34)22(39)18(35)12(7)29;26-24-21(29-25(27)28)16-20(17-10-4-1-5-11-17)22(18-12-6-2-7-13-18)23(24)19-14-8-3-9-15-19/h4-16,29-31H,1-3H3;1,41-43H;1-16,26-28H. The number of aryl methyl sites for hydroxylation is 3.